The lowest BCUT2D eigenvalue weighted by Crippen LogP contribution is -2.64. The van der Waals surface area contributed by atoms with E-state index >= 15 is 0 Å². The second kappa shape index (κ2) is 7.88. The highest BCUT2D eigenvalue weighted by Gasteiger charge is 2.46. The van der Waals surface area contributed by atoms with Gasteiger partial charge in [0.05, 0.1) is 0 Å². The van der Waals surface area contributed by atoms with Gasteiger partial charge in [-0.15, -0.1) is 0 Å². The third-order valence-corrected chi connectivity index (χ3v) is 7.81. The predicted octanol–water partition coefficient (Wildman–Crippen LogP) is 5.19. The van der Waals surface area contributed by atoms with Gasteiger partial charge in [-0.2, -0.15) is 22.7 Å². The molecule has 3 saturated heterocycles. The van der Waals surface area contributed by atoms with Gasteiger partial charge >= 0.3 is 0 Å². The summed E-state index contributed by atoms with van der Waals surface area (Å²) in [5, 5.41) is 13.2. The van der Waals surface area contributed by atoms with Crippen LogP contribution in [0.5, 0.6) is 0 Å². The largest absolute Gasteiger partial charge is 0.308 e. The molecule has 2 aromatic heterocycles. The van der Waals surface area contributed by atoms with Crippen molar-refractivity contribution in [1.82, 2.24) is 10.2 Å². The first-order valence-electron chi connectivity index (χ1n) is 9.96. The topological polar surface area (TPSA) is 15.3 Å². The zero-order valence-electron chi connectivity index (χ0n) is 15.5. The zero-order valence-corrected chi connectivity index (χ0v) is 17.1. The Bertz CT molecular complexity index is 786. The second-order valence-corrected chi connectivity index (χ2v) is 9.41. The van der Waals surface area contributed by atoms with Crippen LogP contribution in [0.3, 0.4) is 0 Å². The van der Waals surface area contributed by atoms with Crippen molar-refractivity contribution in [3.63, 3.8) is 0 Å². The molecule has 0 spiro atoms. The molecule has 3 fully saturated rings. The van der Waals surface area contributed by atoms with Crippen LogP contribution >= 0.6 is 22.7 Å². The van der Waals surface area contributed by atoms with Gasteiger partial charge in [-0.05, 0) is 82.2 Å². The van der Waals surface area contributed by atoms with Gasteiger partial charge in [-0.25, -0.2) is 0 Å². The highest BCUT2D eigenvalue weighted by molar-refractivity contribution is 7.08. The van der Waals surface area contributed by atoms with Crippen LogP contribution < -0.4 is 5.32 Å². The minimum absolute atomic E-state index is 0.471. The standard InChI is InChI=1S/C23H26N2S2/c1-2-4-17(5-3-1)14-24-22-18-6-10-25(11-7-18)23(22)21(19-8-12-26-15-19)20-9-13-27-16-20/h1-5,8-9,12-13,15-16,18,21-24H,6-7,10-11,14H2. The molecule has 140 valence electrons. The molecule has 0 radical (unpaired) electrons. The highest BCUT2D eigenvalue weighted by atomic mass is 32.1. The van der Waals surface area contributed by atoms with Crippen LogP contribution in [-0.4, -0.2) is 30.1 Å². The van der Waals surface area contributed by atoms with Gasteiger partial charge in [0.15, 0.2) is 0 Å². The van der Waals surface area contributed by atoms with Crippen molar-refractivity contribution in [2.75, 3.05) is 13.1 Å². The quantitative estimate of drug-likeness (QED) is 0.619. The molecule has 2 unspecified atom stereocenters. The monoisotopic (exact) mass is 394 g/mol. The Morgan fingerprint density at radius 2 is 1.59 bits per heavy atom. The molecule has 0 amide bonds. The van der Waals surface area contributed by atoms with E-state index < -0.39 is 0 Å². The average Bonchev–Trinajstić information content (AvgIpc) is 3.44. The van der Waals surface area contributed by atoms with Crippen molar-refractivity contribution < 1.29 is 0 Å². The molecule has 3 aliphatic heterocycles. The molecule has 2 bridgehead atoms. The number of thiophene rings is 2. The molecule has 27 heavy (non-hydrogen) atoms. The number of fused-ring (bicyclic) bond motifs is 3. The first kappa shape index (κ1) is 17.6. The van der Waals surface area contributed by atoms with E-state index in [1.165, 1.54) is 42.6 Å². The maximum Gasteiger partial charge on any atom is 0.0361 e. The van der Waals surface area contributed by atoms with Gasteiger partial charge in [-0.1, -0.05) is 30.3 Å². The van der Waals surface area contributed by atoms with Gasteiger partial charge in [0, 0.05) is 24.5 Å². The Hall–Kier alpha value is -1.46. The molecule has 0 saturated carbocycles. The summed E-state index contributed by atoms with van der Waals surface area (Å²) < 4.78 is 0. The van der Waals surface area contributed by atoms with E-state index in [2.05, 4.69) is 74.2 Å². The Morgan fingerprint density at radius 3 is 2.19 bits per heavy atom. The number of nitrogens with one attached hydrogen (secondary N) is 1. The fraction of sp³-hybridized carbons (Fsp3) is 0.391. The zero-order chi connectivity index (χ0) is 18.1. The smallest absolute Gasteiger partial charge is 0.0361 e. The van der Waals surface area contributed by atoms with Crippen LogP contribution in [0.4, 0.5) is 0 Å². The summed E-state index contributed by atoms with van der Waals surface area (Å²) in [4.78, 5) is 2.77. The van der Waals surface area contributed by atoms with Gasteiger partial charge in [0.1, 0.15) is 0 Å². The van der Waals surface area contributed by atoms with Crippen LogP contribution in [0.2, 0.25) is 0 Å². The maximum absolute atomic E-state index is 3.99. The van der Waals surface area contributed by atoms with E-state index in [0.717, 1.165) is 12.5 Å². The van der Waals surface area contributed by atoms with Crippen molar-refractivity contribution in [1.29, 1.82) is 0 Å². The summed E-state index contributed by atoms with van der Waals surface area (Å²) in [7, 11) is 0. The van der Waals surface area contributed by atoms with E-state index in [1.54, 1.807) is 0 Å². The number of benzene rings is 1. The first-order valence-corrected chi connectivity index (χ1v) is 11.8. The fourth-order valence-corrected chi connectivity index (χ4v) is 6.50. The minimum atomic E-state index is 0.471. The molecule has 3 aliphatic rings. The average molecular weight is 395 g/mol. The summed E-state index contributed by atoms with van der Waals surface area (Å²) in [6.07, 6.45) is 2.67. The van der Waals surface area contributed by atoms with Gasteiger partial charge in [0.2, 0.25) is 0 Å². The molecule has 5 heterocycles. The summed E-state index contributed by atoms with van der Waals surface area (Å²) in [6.45, 7) is 3.47. The Balaban J connectivity index is 1.47. The van der Waals surface area contributed by atoms with E-state index in [9.17, 15) is 0 Å². The predicted molar refractivity (Wildman–Crippen MR) is 116 cm³/mol. The van der Waals surface area contributed by atoms with Crippen molar-refractivity contribution in [2.24, 2.45) is 5.92 Å². The van der Waals surface area contributed by atoms with Crippen molar-refractivity contribution in [2.45, 2.75) is 37.4 Å². The molecule has 4 heteroatoms. The molecule has 3 aromatic rings. The first-order chi connectivity index (χ1) is 13.4. The Morgan fingerprint density at radius 1 is 0.926 bits per heavy atom. The number of piperidine rings is 3. The van der Waals surface area contributed by atoms with Crippen molar-refractivity contribution >= 4 is 22.7 Å². The maximum atomic E-state index is 3.99. The Kier molecular flexibility index (Phi) is 5.14. The number of nitrogens with zero attached hydrogens (tertiary/aromatic N) is 1. The molecule has 2 nitrogen and oxygen atoms in total. The van der Waals surface area contributed by atoms with E-state index in [1.807, 2.05) is 22.7 Å². The Labute approximate surface area is 169 Å². The molecule has 1 N–H and O–H groups in total. The SMILES string of the molecule is c1ccc(CNC2C3CCN(CC3)C2C(c2ccsc2)c2ccsc2)cc1. The number of hydrogen-bond donors (Lipinski definition) is 1. The molecule has 2 atom stereocenters. The van der Waals surface area contributed by atoms with E-state index in [-0.39, 0.29) is 0 Å². The van der Waals surface area contributed by atoms with Gasteiger partial charge in [-0.3, -0.25) is 4.90 Å². The van der Waals surface area contributed by atoms with E-state index in [4.69, 9.17) is 0 Å². The van der Waals surface area contributed by atoms with E-state index in [0.29, 0.717) is 18.0 Å². The van der Waals surface area contributed by atoms with Gasteiger partial charge in [0.25, 0.3) is 0 Å². The second-order valence-electron chi connectivity index (χ2n) is 7.85. The molecule has 1 aromatic carbocycles. The summed E-state index contributed by atoms with van der Waals surface area (Å²) in [6, 6.07) is 16.6. The number of rotatable bonds is 6. The van der Waals surface area contributed by atoms with Crippen molar-refractivity contribution in [3.8, 4) is 0 Å². The lowest BCUT2D eigenvalue weighted by Gasteiger charge is -2.54. The molecule has 0 aliphatic carbocycles. The third kappa shape index (κ3) is 3.52. The molecular formula is C23H26N2S2. The van der Waals surface area contributed by atoms with Crippen LogP contribution in [0.1, 0.15) is 35.4 Å². The van der Waals surface area contributed by atoms with Crippen molar-refractivity contribution in [3.05, 3.63) is 80.7 Å². The van der Waals surface area contributed by atoms with Crippen LogP contribution in [0, 0.1) is 5.92 Å². The molecular weight excluding hydrogens is 368 g/mol. The van der Waals surface area contributed by atoms with Crippen LogP contribution in [-0.2, 0) is 6.54 Å². The van der Waals surface area contributed by atoms with Gasteiger partial charge < -0.3 is 5.32 Å². The van der Waals surface area contributed by atoms with Crippen LogP contribution in [0.25, 0.3) is 0 Å². The number of hydrogen-bond acceptors (Lipinski definition) is 4. The summed E-state index contributed by atoms with van der Waals surface area (Å²) in [5.74, 6) is 1.27. The summed E-state index contributed by atoms with van der Waals surface area (Å²) in [5.41, 5.74) is 4.36. The normalized spacial score (nSPS) is 27.3. The third-order valence-electron chi connectivity index (χ3n) is 6.40. The highest BCUT2D eigenvalue weighted by Crippen LogP contribution is 2.43. The fourth-order valence-electron chi connectivity index (χ4n) is 5.11. The van der Waals surface area contributed by atoms with Crippen LogP contribution in [0.15, 0.2) is 64.0 Å². The molecule has 6 rings (SSSR count). The lowest BCUT2D eigenvalue weighted by molar-refractivity contribution is 0.00478. The lowest BCUT2D eigenvalue weighted by atomic mass is 9.71. The summed E-state index contributed by atoms with van der Waals surface area (Å²) >= 11 is 3.65. The minimum Gasteiger partial charge on any atom is -0.308 e.